The average molecular weight is 288 g/mol. The van der Waals surface area contributed by atoms with E-state index < -0.39 is 0 Å². The second kappa shape index (κ2) is 6.33. The SMILES string of the molecule is Cc1ccc(NC(=O)c2ccc(C#CCN)s2)cc1F. The summed E-state index contributed by atoms with van der Waals surface area (Å²) in [6.45, 7) is 1.95. The number of carbonyl (C=O) groups excluding carboxylic acids is 1. The number of amides is 1. The number of aryl methyl sites for hydroxylation is 1. The molecule has 2 aromatic rings. The maximum absolute atomic E-state index is 13.4. The zero-order valence-electron chi connectivity index (χ0n) is 10.9. The molecular weight excluding hydrogens is 275 g/mol. The Balaban J connectivity index is 2.11. The van der Waals surface area contributed by atoms with Gasteiger partial charge in [0.2, 0.25) is 0 Å². The third kappa shape index (κ3) is 3.44. The first-order valence-corrected chi connectivity index (χ1v) is 6.78. The molecule has 1 aromatic heterocycles. The number of anilines is 1. The quantitative estimate of drug-likeness (QED) is 0.835. The van der Waals surface area contributed by atoms with Crippen molar-refractivity contribution in [3.05, 3.63) is 51.5 Å². The first-order chi connectivity index (χ1) is 9.60. The molecule has 3 nitrogen and oxygen atoms in total. The Morgan fingerprint density at radius 3 is 2.90 bits per heavy atom. The van der Waals surface area contributed by atoms with E-state index in [1.165, 1.54) is 17.4 Å². The van der Waals surface area contributed by atoms with Crippen LogP contribution in [-0.4, -0.2) is 12.5 Å². The molecule has 0 aliphatic carbocycles. The molecule has 0 atom stereocenters. The van der Waals surface area contributed by atoms with Crippen molar-refractivity contribution in [3.8, 4) is 11.8 Å². The van der Waals surface area contributed by atoms with Gasteiger partial charge in [-0.2, -0.15) is 0 Å². The lowest BCUT2D eigenvalue weighted by Crippen LogP contribution is -2.10. The van der Waals surface area contributed by atoms with Crippen molar-refractivity contribution in [2.45, 2.75) is 6.92 Å². The van der Waals surface area contributed by atoms with E-state index in [-0.39, 0.29) is 18.3 Å². The average Bonchev–Trinajstić information content (AvgIpc) is 2.89. The van der Waals surface area contributed by atoms with E-state index in [2.05, 4.69) is 17.2 Å². The van der Waals surface area contributed by atoms with Gasteiger partial charge in [0.1, 0.15) is 5.82 Å². The molecule has 0 aliphatic rings. The Bertz CT molecular complexity index is 697. The molecule has 0 aliphatic heterocycles. The van der Waals surface area contributed by atoms with Crippen LogP contribution in [0.1, 0.15) is 20.1 Å². The molecule has 5 heteroatoms. The van der Waals surface area contributed by atoms with Crippen LogP contribution >= 0.6 is 11.3 Å². The largest absolute Gasteiger partial charge is 0.321 e. The fraction of sp³-hybridized carbons (Fsp3) is 0.133. The van der Waals surface area contributed by atoms with Crippen LogP contribution in [0.5, 0.6) is 0 Å². The monoisotopic (exact) mass is 288 g/mol. The highest BCUT2D eigenvalue weighted by Crippen LogP contribution is 2.19. The third-order valence-corrected chi connectivity index (χ3v) is 3.57. The van der Waals surface area contributed by atoms with Crippen LogP contribution in [0.2, 0.25) is 0 Å². The lowest BCUT2D eigenvalue weighted by atomic mass is 10.2. The van der Waals surface area contributed by atoms with Crippen LogP contribution in [0.4, 0.5) is 10.1 Å². The van der Waals surface area contributed by atoms with Gasteiger partial charge in [0.15, 0.2) is 0 Å². The summed E-state index contributed by atoms with van der Waals surface area (Å²) in [5.41, 5.74) is 6.26. The first-order valence-electron chi connectivity index (χ1n) is 5.96. The van der Waals surface area contributed by atoms with Crippen molar-refractivity contribution in [3.63, 3.8) is 0 Å². The van der Waals surface area contributed by atoms with Crippen LogP contribution in [0.3, 0.4) is 0 Å². The van der Waals surface area contributed by atoms with E-state index in [4.69, 9.17) is 5.73 Å². The van der Waals surface area contributed by atoms with Crippen LogP contribution in [0, 0.1) is 24.6 Å². The Hall–Kier alpha value is -2.16. The maximum Gasteiger partial charge on any atom is 0.265 e. The van der Waals surface area contributed by atoms with Gasteiger partial charge in [0, 0.05) is 5.69 Å². The third-order valence-electron chi connectivity index (χ3n) is 2.57. The summed E-state index contributed by atoms with van der Waals surface area (Å²) in [5.74, 6) is 4.97. The minimum Gasteiger partial charge on any atom is -0.321 e. The molecule has 0 spiro atoms. The second-order valence-corrected chi connectivity index (χ2v) is 5.17. The number of thiophene rings is 1. The predicted molar refractivity (Wildman–Crippen MR) is 79.3 cm³/mol. The molecule has 3 N–H and O–H groups in total. The standard InChI is InChI=1S/C15H13FN2OS/c1-10-4-5-11(9-13(10)16)18-15(19)14-7-6-12(20-14)3-2-8-17/h4-7,9H,8,17H2,1H3,(H,18,19). The van der Waals surface area contributed by atoms with Gasteiger partial charge < -0.3 is 11.1 Å². The van der Waals surface area contributed by atoms with Crippen molar-refractivity contribution in [1.29, 1.82) is 0 Å². The smallest absolute Gasteiger partial charge is 0.265 e. The zero-order chi connectivity index (χ0) is 14.5. The van der Waals surface area contributed by atoms with Crippen LogP contribution < -0.4 is 11.1 Å². The number of nitrogens with one attached hydrogen (secondary N) is 1. The van der Waals surface area contributed by atoms with Crippen molar-refractivity contribution in [2.75, 3.05) is 11.9 Å². The molecule has 0 radical (unpaired) electrons. The minimum atomic E-state index is -0.344. The van der Waals surface area contributed by atoms with Crippen molar-refractivity contribution in [2.24, 2.45) is 5.73 Å². The summed E-state index contributed by atoms with van der Waals surface area (Å²) in [4.78, 5) is 13.3. The molecule has 2 rings (SSSR count). The summed E-state index contributed by atoms with van der Waals surface area (Å²) < 4.78 is 13.4. The molecule has 0 unspecified atom stereocenters. The van der Waals surface area contributed by atoms with Gasteiger partial charge in [0.25, 0.3) is 5.91 Å². The number of nitrogens with two attached hydrogens (primary N) is 1. The van der Waals surface area contributed by atoms with E-state index in [0.717, 1.165) is 4.88 Å². The summed E-state index contributed by atoms with van der Waals surface area (Å²) in [5, 5.41) is 2.65. The van der Waals surface area contributed by atoms with Crippen molar-refractivity contribution >= 4 is 22.9 Å². The normalized spacial score (nSPS) is 9.75. The van der Waals surface area contributed by atoms with Crippen LogP contribution in [0.15, 0.2) is 30.3 Å². The molecule has 0 saturated heterocycles. The first kappa shape index (κ1) is 14.3. The van der Waals surface area contributed by atoms with E-state index in [1.807, 2.05) is 0 Å². The number of benzene rings is 1. The number of carbonyl (C=O) groups is 1. The lowest BCUT2D eigenvalue weighted by Gasteiger charge is -2.04. The fourth-order valence-corrected chi connectivity index (χ4v) is 2.30. The molecule has 102 valence electrons. The predicted octanol–water partition coefficient (Wildman–Crippen LogP) is 2.76. The maximum atomic E-state index is 13.4. The fourth-order valence-electron chi connectivity index (χ4n) is 1.53. The Morgan fingerprint density at radius 1 is 1.40 bits per heavy atom. The molecule has 1 amide bonds. The number of hydrogen-bond acceptors (Lipinski definition) is 3. The molecule has 0 saturated carbocycles. The number of halogens is 1. The molecule has 1 heterocycles. The molecule has 0 bridgehead atoms. The van der Waals surface area contributed by atoms with Gasteiger partial charge >= 0.3 is 0 Å². The van der Waals surface area contributed by atoms with Gasteiger partial charge in [-0.25, -0.2) is 4.39 Å². The van der Waals surface area contributed by atoms with E-state index >= 15 is 0 Å². The Kier molecular flexibility index (Phi) is 4.51. The van der Waals surface area contributed by atoms with Gasteiger partial charge in [0.05, 0.1) is 16.3 Å². The molecular formula is C15H13FN2OS. The lowest BCUT2D eigenvalue weighted by molar-refractivity contribution is 0.103. The topological polar surface area (TPSA) is 55.1 Å². The van der Waals surface area contributed by atoms with Crippen LogP contribution in [0.25, 0.3) is 0 Å². The van der Waals surface area contributed by atoms with Gasteiger partial charge in [-0.05, 0) is 36.8 Å². The zero-order valence-corrected chi connectivity index (χ0v) is 11.7. The second-order valence-electron chi connectivity index (χ2n) is 4.09. The van der Waals surface area contributed by atoms with Gasteiger partial charge in [-0.15, -0.1) is 11.3 Å². The van der Waals surface area contributed by atoms with Gasteiger partial charge in [-0.1, -0.05) is 17.9 Å². The van der Waals surface area contributed by atoms with E-state index in [9.17, 15) is 9.18 Å². The van der Waals surface area contributed by atoms with Gasteiger partial charge in [-0.3, -0.25) is 4.79 Å². The van der Waals surface area contributed by atoms with Crippen molar-refractivity contribution in [1.82, 2.24) is 0 Å². The highest BCUT2D eigenvalue weighted by atomic mass is 32.1. The van der Waals surface area contributed by atoms with E-state index in [1.54, 1.807) is 31.2 Å². The highest BCUT2D eigenvalue weighted by Gasteiger charge is 2.09. The van der Waals surface area contributed by atoms with Crippen LogP contribution in [-0.2, 0) is 0 Å². The summed E-state index contributed by atoms with van der Waals surface area (Å²) in [6, 6.07) is 8.04. The highest BCUT2D eigenvalue weighted by molar-refractivity contribution is 7.14. The number of rotatable bonds is 2. The van der Waals surface area contributed by atoms with E-state index in [0.29, 0.717) is 16.1 Å². The number of hydrogen-bond donors (Lipinski definition) is 2. The molecule has 20 heavy (non-hydrogen) atoms. The molecule has 1 aromatic carbocycles. The summed E-state index contributed by atoms with van der Waals surface area (Å²) in [6.07, 6.45) is 0. The molecule has 0 fully saturated rings. The Morgan fingerprint density at radius 2 is 2.20 bits per heavy atom. The Labute approximate surface area is 120 Å². The summed E-state index contributed by atoms with van der Waals surface area (Å²) in [7, 11) is 0. The summed E-state index contributed by atoms with van der Waals surface area (Å²) >= 11 is 1.27. The van der Waals surface area contributed by atoms with Crippen molar-refractivity contribution < 1.29 is 9.18 Å². The minimum absolute atomic E-state index is 0.279.